The molecule has 0 amide bonds. The Morgan fingerprint density at radius 2 is 2.10 bits per heavy atom. The summed E-state index contributed by atoms with van der Waals surface area (Å²) in [4.78, 5) is 11.6. The highest BCUT2D eigenvalue weighted by Gasteiger charge is 2.22. The Kier molecular flexibility index (Phi) is 3.65. The molecule has 0 radical (unpaired) electrons. The van der Waals surface area contributed by atoms with Gasteiger partial charge in [-0.2, -0.15) is 0 Å². The van der Waals surface area contributed by atoms with Crippen LogP contribution in [0, 0.1) is 6.92 Å². The molecule has 1 unspecified atom stereocenters. The lowest BCUT2D eigenvalue weighted by Gasteiger charge is -2.16. The monoisotopic (exact) mass is 281 g/mol. The van der Waals surface area contributed by atoms with Gasteiger partial charge in [-0.05, 0) is 49.1 Å². The first-order chi connectivity index (χ1) is 10.2. The zero-order valence-corrected chi connectivity index (χ0v) is 12.3. The topological polar surface area (TPSA) is 38.3 Å². The summed E-state index contributed by atoms with van der Waals surface area (Å²) in [6, 6.07) is 14.4. The zero-order valence-electron chi connectivity index (χ0n) is 12.3. The number of benzene rings is 2. The number of carbonyl (C=O) groups excluding carboxylic acids is 1. The molecule has 3 heteroatoms. The normalized spacial score (nSPS) is 16.4. The predicted octanol–water partition coefficient (Wildman–Crippen LogP) is 3.88. The van der Waals surface area contributed by atoms with E-state index in [9.17, 15) is 4.79 Å². The number of aryl methyl sites for hydroxylation is 2. The second-order valence-electron chi connectivity index (χ2n) is 5.51. The lowest BCUT2D eigenvalue weighted by molar-refractivity contribution is 0.0601. The Hall–Kier alpha value is -2.29. The summed E-state index contributed by atoms with van der Waals surface area (Å²) in [5, 5.41) is 3.54. The molecule has 1 aliphatic carbocycles. The van der Waals surface area contributed by atoms with Crippen LogP contribution in [0.3, 0.4) is 0 Å². The molecule has 1 aliphatic rings. The summed E-state index contributed by atoms with van der Waals surface area (Å²) < 4.78 is 4.77. The van der Waals surface area contributed by atoms with Gasteiger partial charge in [-0.25, -0.2) is 4.79 Å². The van der Waals surface area contributed by atoms with Gasteiger partial charge in [0, 0.05) is 5.69 Å². The van der Waals surface area contributed by atoms with Crippen molar-refractivity contribution in [2.75, 3.05) is 12.4 Å². The molecule has 0 saturated carbocycles. The van der Waals surface area contributed by atoms with Crippen molar-refractivity contribution in [3.8, 4) is 0 Å². The van der Waals surface area contributed by atoms with Crippen LogP contribution in [-0.4, -0.2) is 13.1 Å². The molecule has 1 N–H and O–H groups in total. The van der Waals surface area contributed by atoms with Crippen LogP contribution in [-0.2, 0) is 11.2 Å². The number of nitrogens with one attached hydrogen (secondary N) is 1. The molecule has 2 aromatic carbocycles. The van der Waals surface area contributed by atoms with Crippen LogP contribution in [0.4, 0.5) is 5.69 Å². The Balaban J connectivity index is 1.83. The van der Waals surface area contributed by atoms with Crippen molar-refractivity contribution >= 4 is 11.7 Å². The van der Waals surface area contributed by atoms with Gasteiger partial charge in [-0.1, -0.05) is 29.8 Å². The van der Waals surface area contributed by atoms with Gasteiger partial charge in [-0.15, -0.1) is 0 Å². The Bertz CT molecular complexity index is 679. The highest BCUT2D eigenvalue weighted by atomic mass is 16.5. The lowest BCUT2D eigenvalue weighted by Crippen LogP contribution is -2.08. The lowest BCUT2D eigenvalue weighted by atomic mass is 10.0. The van der Waals surface area contributed by atoms with E-state index in [2.05, 4.69) is 30.4 Å². The van der Waals surface area contributed by atoms with Crippen molar-refractivity contribution in [2.24, 2.45) is 0 Å². The van der Waals surface area contributed by atoms with Gasteiger partial charge < -0.3 is 10.1 Å². The van der Waals surface area contributed by atoms with Gasteiger partial charge in [0.25, 0.3) is 0 Å². The first kappa shape index (κ1) is 13.7. The maximum Gasteiger partial charge on any atom is 0.337 e. The predicted molar refractivity (Wildman–Crippen MR) is 83.6 cm³/mol. The summed E-state index contributed by atoms with van der Waals surface area (Å²) in [6.07, 6.45) is 2.19. The fourth-order valence-corrected chi connectivity index (χ4v) is 2.93. The summed E-state index contributed by atoms with van der Waals surface area (Å²) >= 11 is 0. The molecular weight excluding hydrogens is 262 g/mol. The maximum atomic E-state index is 11.6. The fourth-order valence-electron chi connectivity index (χ4n) is 2.93. The molecule has 0 bridgehead atoms. The number of anilines is 1. The molecule has 3 rings (SSSR count). The third-order valence-corrected chi connectivity index (χ3v) is 4.00. The van der Waals surface area contributed by atoms with Gasteiger partial charge in [0.05, 0.1) is 18.7 Å². The smallest absolute Gasteiger partial charge is 0.337 e. The first-order valence-corrected chi connectivity index (χ1v) is 7.22. The first-order valence-electron chi connectivity index (χ1n) is 7.22. The SMILES string of the molecule is COC(=O)c1cccc(NC2CCc3ccc(C)cc32)c1. The van der Waals surface area contributed by atoms with E-state index in [0.717, 1.165) is 18.5 Å². The van der Waals surface area contributed by atoms with Crippen molar-refractivity contribution in [2.45, 2.75) is 25.8 Å². The van der Waals surface area contributed by atoms with Gasteiger partial charge in [0.2, 0.25) is 0 Å². The number of rotatable bonds is 3. The molecule has 0 spiro atoms. The molecule has 2 aromatic rings. The number of ether oxygens (including phenoxy) is 1. The van der Waals surface area contributed by atoms with E-state index in [1.165, 1.54) is 23.8 Å². The van der Waals surface area contributed by atoms with Gasteiger partial charge in [-0.3, -0.25) is 0 Å². The van der Waals surface area contributed by atoms with E-state index in [4.69, 9.17) is 4.74 Å². The summed E-state index contributed by atoms with van der Waals surface area (Å²) in [5.74, 6) is -0.304. The summed E-state index contributed by atoms with van der Waals surface area (Å²) in [6.45, 7) is 2.12. The number of carbonyl (C=O) groups is 1. The molecule has 108 valence electrons. The Morgan fingerprint density at radius 3 is 2.90 bits per heavy atom. The quantitative estimate of drug-likeness (QED) is 0.868. The van der Waals surface area contributed by atoms with E-state index in [0.29, 0.717) is 11.6 Å². The van der Waals surface area contributed by atoms with Crippen LogP contribution < -0.4 is 5.32 Å². The van der Waals surface area contributed by atoms with Crippen molar-refractivity contribution < 1.29 is 9.53 Å². The van der Waals surface area contributed by atoms with Crippen molar-refractivity contribution in [3.63, 3.8) is 0 Å². The minimum atomic E-state index is -0.304. The van der Waals surface area contributed by atoms with E-state index < -0.39 is 0 Å². The Labute approximate surface area is 124 Å². The summed E-state index contributed by atoms with van der Waals surface area (Å²) in [5.41, 5.74) is 5.61. The Morgan fingerprint density at radius 1 is 1.24 bits per heavy atom. The van der Waals surface area contributed by atoms with E-state index in [1.54, 1.807) is 6.07 Å². The van der Waals surface area contributed by atoms with Crippen molar-refractivity contribution in [3.05, 3.63) is 64.7 Å². The van der Waals surface area contributed by atoms with Crippen LogP contribution in [0.15, 0.2) is 42.5 Å². The minimum absolute atomic E-state index is 0.304. The highest BCUT2D eigenvalue weighted by molar-refractivity contribution is 5.90. The molecule has 1 atom stereocenters. The standard InChI is InChI=1S/C18H19NO2/c1-12-6-7-13-8-9-17(16(13)10-12)19-15-5-3-4-14(11-15)18(20)21-2/h3-7,10-11,17,19H,8-9H2,1-2H3. The molecule has 0 heterocycles. The average Bonchev–Trinajstić information content (AvgIpc) is 2.89. The molecule has 0 saturated heterocycles. The number of methoxy groups -OCH3 is 1. The van der Waals surface area contributed by atoms with Crippen molar-refractivity contribution in [1.29, 1.82) is 0 Å². The molecule has 0 aromatic heterocycles. The average molecular weight is 281 g/mol. The van der Waals surface area contributed by atoms with Crippen molar-refractivity contribution in [1.82, 2.24) is 0 Å². The van der Waals surface area contributed by atoms with Gasteiger partial charge in [0.1, 0.15) is 0 Å². The van der Waals surface area contributed by atoms with Crippen LogP contribution >= 0.6 is 0 Å². The summed E-state index contributed by atoms with van der Waals surface area (Å²) in [7, 11) is 1.40. The second-order valence-corrected chi connectivity index (χ2v) is 5.51. The van der Waals surface area contributed by atoms with Gasteiger partial charge >= 0.3 is 5.97 Å². The van der Waals surface area contributed by atoms with Gasteiger partial charge in [0.15, 0.2) is 0 Å². The molecule has 21 heavy (non-hydrogen) atoms. The van der Waals surface area contributed by atoms with Crippen LogP contribution in [0.2, 0.25) is 0 Å². The highest BCUT2D eigenvalue weighted by Crippen LogP contribution is 2.34. The van der Waals surface area contributed by atoms with Crippen LogP contribution in [0.1, 0.15) is 39.5 Å². The third kappa shape index (κ3) is 2.77. The zero-order chi connectivity index (χ0) is 14.8. The molecular formula is C18H19NO2. The largest absolute Gasteiger partial charge is 0.465 e. The molecule has 0 aliphatic heterocycles. The minimum Gasteiger partial charge on any atom is -0.465 e. The van der Waals surface area contributed by atoms with Crippen LogP contribution in [0.25, 0.3) is 0 Å². The van der Waals surface area contributed by atoms with E-state index >= 15 is 0 Å². The fraction of sp³-hybridized carbons (Fsp3) is 0.278. The van der Waals surface area contributed by atoms with E-state index in [1.807, 2.05) is 18.2 Å². The second kappa shape index (κ2) is 5.60. The molecule has 3 nitrogen and oxygen atoms in total. The third-order valence-electron chi connectivity index (χ3n) is 4.00. The number of hydrogen-bond donors (Lipinski definition) is 1. The number of esters is 1. The van der Waals surface area contributed by atoms with Crippen LogP contribution in [0.5, 0.6) is 0 Å². The van der Waals surface area contributed by atoms with E-state index in [-0.39, 0.29) is 5.97 Å². The number of fused-ring (bicyclic) bond motifs is 1. The molecule has 0 fully saturated rings. The number of hydrogen-bond acceptors (Lipinski definition) is 3. The maximum absolute atomic E-state index is 11.6.